The highest BCUT2D eigenvalue weighted by molar-refractivity contribution is 5.95. The zero-order valence-corrected chi connectivity index (χ0v) is 14.5. The number of carbonyl (C=O) groups is 1. The first kappa shape index (κ1) is 17.1. The standard InChI is InChI=1S/C19H22N2O5/c22-11-17-8-18(20-26-17)14-9-21(10-14)19(23)13-3-1-4-15(7-13)25-12-16-5-2-6-24-16/h1,3-4,7-8,14,16,22H,2,5-6,9-12H2. The third-order valence-corrected chi connectivity index (χ3v) is 4.86. The summed E-state index contributed by atoms with van der Waals surface area (Å²) >= 11 is 0. The SMILES string of the molecule is O=C(c1cccc(OCC2CCCO2)c1)N1CC(c2cc(CO)on2)C1. The third-order valence-electron chi connectivity index (χ3n) is 4.86. The maximum absolute atomic E-state index is 12.6. The summed E-state index contributed by atoms with van der Waals surface area (Å²) in [6.45, 7) is 2.34. The molecule has 1 aromatic carbocycles. The number of nitrogens with zero attached hydrogens (tertiary/aromatic N) is 2. The molecule has 1 aromatic heterocycles. The lowest BCUT2D eigenvalue weighted by Gasteiger charge is -2.38. The fourth-order valence-electron chi connectivity index (χ4n) is 3.29. The summed E-state index contributed by atoms with van der Waals surface area (Å²) in [5, 5.41) is 13.0. The summed E-state index contributed by atoms with van der Waals surface area (Å²) in [7, 11) is 0. The van der Waals surface area contributed by atoms with Gasteiger partial charge in [0.25, 0.3) is 5.91 Å². The summed E-state index contributed by atoms with van der Waals surface area (Å²) in [6.07, 6.45) is 2.25. The number of benzene rings is 1. The van der Waals surface area contributed by atoms with Crippen LogP contribution in [0, 0.1) is 0 Å². The van der Waals surface area contributed by atoms with Gasteiger partial charge in [-0.15, -0.1) is 0 Å². The fourth-order valence-corrected chi connectivity index (χ4v) is 3.29. The van der Waals surface area contributed by atoms with Gasteiger partial charge in [-0.05, 0) is 31.0 Å². The van der Waals surface area contributed by atoms with Crippen LogP contribution < -0.4 is 4.74 Å². The molecular weight excluding hydrogens is 336 g/mol. The molecule has 7 nitrogen and oxygen atoms in total. The molecule has 2 aliphatic heterocycles. The minimum Gasteiger partial charge on any atom is -0.491 e. The first-order valence-corrected chi connectivity index (χ1v) is 8.93. The Morgan fingerprint density at radius 1 is 1.35 bits per heavy atom. The Hall–Kier alpha value is -2.38. The molecule has 138 valence electrons. The predicted molar refractivity (Wildman–Crippen MR) is 92.0 cm³/mol. The second-order valence-corrected chi connectivity index (χ2v) is 6.76. The molecule has 0 bridgehead atoms. The molecule has 1 atom stereocenters. The zero-order valence-electron chi connectivity index (χ0n) is 14.5. The van der Waals surface area contributed by atoms with Crippen molar-refractivity contribution in [2.45, 2.75) is 31.5 Å². The maximum Gasteiger partial charge on any atom is 0.254 e. The molecule has 7 heteroatoms. The number of likely N-dealkylation sites (tertiary alicyclic amines) is 1. The number of amides is 1. The number of ether oxygens (including phenoxy) is 2. The maximum atomic E-state index is 12.6. The van der Waals surface area contributed by atoms with Gasteiger partial charge in [-0.1, -0.05) is 11.2 Å². The van der Waals surface area contributed by atoms with Crippen LogP contribution in [0.2, 0.25) is 0 Å². The second-order valence-electron chi connectivity index (χ2n) is 6.76. The fraction of sp³-hybridized carbons (Fsp3) is 0.474. The molecule has 2 aromatic rings. The molecule has 2 fully saturated rings. The molecule has 2 aliphatic rings. The smallest absolute Gasteiger partial charge is 0.254 e. The van der Waals surface area contributed by atoms with E-state index < -0.39 is 0 Å². The largest absolute Gasteiger partial charge is 0.491 e. The molecule has 0 aliphatic carbocycles. The van der Waals surface area contributed by atoms with Crippen molar-refractivity contribution >= 4 is 5.91 Å². The Kier molecular flexibility index (Phi) is 4.90. The molecule has 0 spiro atoms. The minimum atomic E-state index is -0.166. The molecule has 26 heavy (non-hydrogen) atoms. The van der Waals surface area contributed by atoms with Crippen molar-refractivity contribution in [2.24, 2.45) is 0 Å². The lowest BCUT2D eigenvalue weighted by Crippen LogP contribution is -2.48. The van der Waals surface area contributed by atoms with Crippen LogP contribution in [-0.4, -0.2) is 53.5 Å². The van der Waals surface area contributed by atoms with E-state index in [0.717, 1.165) is 25.1 Å². The van der Waals surface area contributed by atoms with Crippen molar-refractivity contribution in [1.29, 1.82) is 0 Å². The van der Waals surface area contributed by atoms with Gasteiger partial charge >= 0.3 is 0 Å². The van der Waals surface area contributed by atoms with E-state index in [1.165, 1.54) is 0 Å². The molecule has 1 unspecified atom stereocenters. The van der Waals surface area contributed by atoms with Gasteiger partial charge in [-0.2, -0.15) is 0 Å². The van der Waals surface area contributed by atoms with Gasteiger partial charge in [0.15, 0.2) is 5.76 Å². The van der Waals surface area contributed by atoms with E-state index in [1.807, 2.05) is 12.1 Å². The highest BCUT2D eigenvalue weighted by Crippen LogP contribution is 2.28. The monoisotopic (exact) mass is 358 g/mol. The highest BCUT2D eigenvalue weighted by Gasteiger charge is 2.34. The van der Waals surface area contributed by atoms with Crippen molar-refractivity contribution in [3.05, 3.63) is 47.3 Å². The highest BCUT2D eigenvalue weighted by atomic mass is 16.5. The number of carbonyl (C=O) groups excluding carboxylic acids is 1. The van der Waals surface area contributed by atoms with E-state index in [4.69, 9.17) is 19.1 Å². The molecule has 1 amide bonds. The van der Waals surface area contributed by atoms with Crippen LogP contribution >= 0.6 is 0 Å². The average molecular weight is 358 g/mol. The Morgan fingerprint density at radius 2 is 2.23 bits per heavy atom. The van der Waals surface area contributed by atoms with Crippen LogP contribution in [0.4, 0.5) is 0 Å². The average Bonchev–Trinajstić information content (AvgIpc) is 3.31. The molecule has 0 radical (unpaired) electrons. The van der Waals surface area contributed by atoms with Crippen LogP contribution in [-0.2, 0) is 11.3 Å². The van der Waals surface area contributed by atoms with Crippen molar-refractivity contribution in [1.82, 2.24) is 10.1 Å². The third kappa shape index (κ3) is 3.59. The van der Waals surface area contributed by atoms with Crippen LogP contribution in [0.3, 0.4) is 0 Å². The number of hydrogen-bond acceptors (Lipinski definition) is 6. The first-order chi connectivity index (χ1) is 12.7. The van der Waals surface area contributed by atoms with Crippen LogP contribution in [0.5, 0.6) is 5.75 Å². The van der Waals surface area contributed by atoms with Gasteiger partial charge in [0.1, 0.15) is 19.0 Å². The Morgan fingerprint density at radius 3 is 2.96 bits per heavy atom. The Labute approximate surface area is 151 Å². The lowest BCUT2D eigenvalue weighted by atomic mass is 9.95. The number of hydrogen-bond donors (Lipinski definition) is 1. The number of aliphatic hydroxyl groups is 1. The van der Waals surface area contributed by atoms with Gasteiger partial charge in [0.05, 0.1) is 11.8 Å². The topological polar surface area (TPSA) is 85.0 Å². The molecule has 4 rings (SSSR count). The summed E-state index contributed by atoms with van der Waals surface area (Å²) in [5.41, 5.74) is 1.40. The summed E-state index contributed by atoms with van der Waals surface area (Å²) < 4.78 is 16.3. The molecule has 2 saturated heterocycles. The van der Waals surface area contributed by atoms with E-state index in [0.29, 0.717) is 36.8 Å². The van der Waals surface area contributed by atoms with Gasteiger partial charge in [0, 0.05) is 37.2 Å². The molecular formula is C19H22N2O5. The van der Waals surface area contributed by atoms with Crippen molar-refractivity contribution in [3.63, 3.8) is 0 Å². The quantitative estimate of drug-likeness (QED) is 0.850. The van der Waals surface area contributed by atoms with Crippen LogP contribution in [0.15, 0.2) is 34.9 Å². The van der Waals surface area contributed by atoms with E-state index in [1.54, 1.807) is 23.1 Å². The van der Waals surface area contributed by atoms with Crippen LogP contribution in [0.1, 0.15) is 40.6 Å². The molecule has 3 heterocycles. The van der Waals surface area contributed by atoms with E-state index >= 15 is 0 Å². The van der Waals surface area contributed by atoms with Gasteiger partial charge < -0.3 is 24.0 Å². The summed E-state index contributed by atoms with van der Waals surface area (Å²) in [5.74, 6) is 1.27. The van der Waals surface area contributed by atoms with Crippen molar-refractivity contribution in [2.75, 3.05) is 26.3 Å². The van der Waals surface area contributed by atoms with Gasteiger partial charge in [-0.25, -0.2) is 0 Å². The van der Waals surface area contributed by atoms with Gasteiger partial charge in [-0.3, -0.25) is 4.79 Å². The minimum absolute atomic E-state index is 0.0188. The summed E-state index contributed by atoms with van der Waals surface area (Å²) in [4.78, 5) is 14.4. The van der Waals surface area contributed by atoms with E-state index in [2.05, 4.69) is 5.16 Å². The van der Waals surface area contributed by atoms with E-state index in [9.17, 15) is 4.79 Å². The number of aromatic nitrogens is 1. The number of rotatable bonds is 6. The second kappa shape index (κ2) is 7.47. The summed E-state index contributed by atoms with van der Waals surface area (Å²) in [6, 6.07) is 9.02. The zero-order chi connectivity index (χ0) is 17.9. The normalized spacial score (nSPS) is 20.2. The van der Waals surface area contributed by atoms with E-state index in [-0.39, 0.29) is 24.5 Å². The Balaban J connectivity index is 1.32. The molecule has 0 saturated carbocycles. The van der Waals surface area contributed by atoms with Crippen molar-refractivity contribution in [3.8, 4) is 5.75 Å². The Bertz CT molecular complexity index is 763. The van der Waals surface area contributed by atoms with Crippen LogP contribution in [0.25, 0.3) is 0 Å². The van der Waals surface area contributed by atoms with Gasteiger partial charge in [0.2, 0.25) is 0 Å². The lowest BCUT2D eigenvalue weighted by molar-refractivity contribution is 0.0593. The number of aliphatic hydroxyl groups excluding tert-OH is 1. The predicted octanol–water partition coefficient (Wildman–Crippen LogP) is 1.96. The molecule has 1 N–H and O–H groups in total. The first-order valence-electron chi connectivity index (χ1n) is 8.93. The van der Waals surface area contributed by atoms with Crippen molar-refractivity contribution < 1.29 is 23.9 Å².